The normalized spacial score (nSPS) is 17.6. The molecular formula is C29H32Cl2N4O3. The third kappa shape index (κ3) is 6.46. The van der Waals surface area contributed by atoms with Crippen molar-refractivity contribution in [2.45, 2.75) is 39.5 Å². The van der Waals surface area contributed by atoms with E-state index in [9.17, 15) is 9.59 Å². The van der Waals surface area contributed by atoms with Crippen LogP contribution in [0.5, 0.6) is 5.75 Å². The molecule has 1 aliphatic heterocycles. The molecule has 0 aliphatic carbocycles. The number of halogens is 2. The van der Waals surface area contributed by atoms with Crippen LogP contribution in [0.1, 0.15) is 47.1 Å². The quantitative estimate of drug-likeness (QED) is 0.386. The molecule has 2 atom stereocenters. The van der Waals surface area contributed by atoms with Crippen LogP contribution >= 0.6 is 23.2 Å². The summed E-state index contributed by atoms with van der Waals surface area (Å²) in [6, 6.07) is 14.1. The van der Waals surface area contributed by atoms with Crippen LogP contribution in [0, 0.1) is 5.92 Å². The third-order valence-electron chi connectivity index (χ3n) is 6.63. The Balaban J connectivity index is 1.66. The standard InChI is InChI=1S/C29H32Cl2N4O3/c1-18(2)35-15-19(3)26(17-34(4)16-20-8-9-24(30)25(31)14-20)38-27-22(6-5-7-23(27)29(35)37)28(36)33-21-10-12-32-13-11-21/h5-14,18-19,26H,15-17H2,1-4H3,(H,32,33,36)/t19-,26+/m0/s1. The molecule has 2 aromatic carbocycles. The summed E-state index contributed by atoms with van der Waals surface area (Å²) < 4.78 is 6.58. The molecule has 0 saturated heterocycles. The molecule has 9 heteroatoms. The van der Waals surface area contributed by atoms with E-state index in [0.29, 0.717) is 52.2 Å². The van der Waals surface area contributed by atoms with Crippen LogP contribution in [-0.2, 0) is 6.54 Å². The molecule has 2 heterocycles. The summed E-state index contributed by atoms with van der Waals surface area (Å²) >= 11 is 12.3. The van der Waals surface area contributed by atoms with Crippen molar-refractivity contribution in [3.63, 3.8) is 0 Å². The van der Waals surface area contributed by atoms with E-state index in [1.54, 1.807) is 48.8 Å². The number of hydrogen-bond acceptors (Lipinski definition) is 5. The van der Waals surface area contributed by atoms with E-state index in [1.165, 1.54) is 0 Å². The molecular weight excluding hydrogens is 523 g/mol. The van der Waals surface area contributed by atoms with Gasteiger partial charge in [-0.1, -0.05) is 42.3 Å². The van der Waals surface area contributed by atoms with Crippen LogP contribution in [0.2, 0.25) is 10.0 Å². The first kappa shape index (κ1) is 27.9. The van der Waals surface area contributed by atoms with Gasteiger partial charge in [0, 0.05) is 49.7 Å². The van der Waals surface area contributed by atoms with Gasteiger partial charge in [0.1, 0.15) is 11.9 Å². The fourth-order valence-electron chi connectivity index (χ4n) is 4.56. The lowest BCUT2D eigenvalue weighted by Crippen LogP contribution is -2.48. The predicted molar refractivity (Wildman–Crippen MR) is 151 cm³/mol. The highest BCUT2D eigenvalue weighted by Gasteiger charge is 2.34. The maximum absolute atomic E-state index is 13.6. The van der Waals surface area contributed by atoms with Crippen molar-refractivity contribution in [3.8, 4) is 5.75 Å². The Labute approximate surface area is 233 Å². The van der Waals surface area contributed by atoms with Gasteiger partial charge in [-0.25, -0.2) is 0 Å². The van der Waals surface area contributed by atoms with Crippen LogP contribution in [-0.4, -0.2) is 58.9 Å². The van der Waals surface area contributed by atoms with Gasteiger partial charge in [-0.05, 0) is 62.9 Å². The molecule has 1 N–H and O–H groups in total. The maximum Gasteiger partial charge on any atom is 0.259 e. The lowest BCUT2D eigenvalue weighted by atomic mass is 9.98. The van der Waals surface area contributed by atoms with E-state index in [1.807, 2.05) is 37.9 Å². The van der Waals surface area contributed by atoms with E-state index < -0.39 is 0 Å². The average Bonchev–Trinajstić information content (AvgIpc) is 2.88. The third-order valence-corrected chi connectivity index (χ3v) is 7.37. The van der Waals surface area contributed by atoms with Crippen molar-refractivity contribution in [2.24, 2.45) is 5.92 Å². The average molecular weight is 556 g/mol. The van der Waals surface area contributed by atoms with Crippen molar-refractivity contribution in [1.29, 1.82) is 0 Å². The monoisotopic (exact) mass is 554 g/mol. The fraction of sp³-hybridized carbons (Fsp3) is 0.345. The van der Waals surface area contributed by atoms with Crippen LogP contribution in [0.25, 0.3) is 0 Å². The Morgan fingerprint density at radius 2 is 1.89 bits per heavy atom. The zero-order chi connectivity index (χ0) is 27.4. The summed E-state index contributed by atoms with van der Waals surface area (Å²) in [4.78, 5) is 34.9. The fourth-order valence-corrected chi connectivity index (χ4v) is 4.88. The largest absolute Gasteiger partial charge is 0.487 e. The van der Waals surface area contributed by atoms with Gasteiger partial charge in [-0.3, -0.25) is 19.5 Å². The number of hydrogen-bond donors (Lipinski definition) is 1. The minimum atomic E-state index is -0.354. The summed E-state index contributed by atoms with van der Waals surface area (Å²) in [6.45, 7) is 7.81. The number of amides is 2. The SMILES string of the molecule is CC(C)N1C[C@H](C)[C@@H](CN(C)Cc2ccc(Cl)c(Cl)c2)Oc2c(C(=O)Nc3ccncc3)cccc2C1=O. The number of benzene rings is 2. The Hall–Kier alpha value is -3.13. The van der Waals surface area contributed by atoms with Crippen molar-refractivity contribution < 1.29 is 14.3 Å². The number of nitrogens with zero attached hydrogens (tertiary/aromatic N) is 3. The molecule has 0 saturated carbocycles. The van der Waals surface area contributed by atoms with Crippen LogP contribution in [0.4, 0.5) is 5.69 Å². The summed E-state index contributed by atoms with van der Waals surface area (Å²) in [5.41, 5.74) is 2.32. The lowest BCUT2D eigenvalue weighted by Gasteiger charge is -2.38. The Kier molecular flexibility index (Phi) is 8.92. The molecule has 200 valence electrons. The smallest absolute Gasteiger partial charge is 0.259 e. The summed E-state index contributed by atoms with van der Waals surface area (Å²) in [6.07, 6.45) is 2.92. The molecule has 2 amide bonds. The topological polar surface area (TPSA) is 74.8 Å². The van der Waals surface area contributed by atoms with Crippen LogP contribution < -0.4 is 10.1 Å². The molecule has 1 aliphatic rings. The van der Waals surface area contributed by atoms with E-state index in [4.69, 9.17) is 27.9 Å². The van der Waals surface area contributed by atoms with Crippen molar-refractivity contribution in [2.75, 3.05) is 25.5 Å². The molecule has 4 rings (SSSR count). The van der Waals surface area contributed by atoms with Gasteiger partial charge in [-0.15, -0.1) is 0 Å². The van der Waals surface area contributed by atoms with E-state index in [-0.39, 0.29) is 29.9 Å². The second kappa shape index (κ2) is 12.2. The predicted octanol–water partition coefficient (Wildman–Crippen LogP) is 6.02. The number of carbonyl (C=O) groups excluding carboxylic acids is 2. The van der Waals surface area contributed by atoms with E-state index in [0.717, 1.165) is 5.56 Å². The van der Waals surface area contributed by atoms with Gasteiger partial charge in [0.25, 0.3) is 11.8 Å². The number of para-hydroxylation sites is 1. The molecule has 0 bridgehead atoms. The van der Waals surface area contributed by atoms with Crippen molar-refractivity contribution in [3.05, 3.63) is 87.7 Å². The minimum absolute atomic E-state index is 0.00192. The summed E-state index contributed by atoms with van der Waals surface area (Å²) in [7, 11) is 2.01. The van der Waals surface area contributed by atoms with Gasteiger partial charge in [0.2, 0.25) is 0 Å². The van der Waals surface area contributed by atoms with Crippen molar-refractivity contribution >= 4 is 40.7 Å². The highest BCUT2D eigenvalue weighted by molar-refractivity contribution is 6.42. The van der Waals surface area contributed by atoms with Crippen LogP contribution in [0.15, 0.2) is 60.9 Å². The molecule has 0 unspecified atom stereocenters. The number of anilines is 1. The lowest BCUT2D eigenvalue weighted by molar-refractivity contribution is 0.0427. The van der Waals surface area contributed by atoms with Crippen molar-refractivity contribution in [1.82, 2.24) is 14.8 Å². The van der Waals surface area contributed by atoms with Gasteiger partial charge in [0.05, 0.1) is 21.2 Å². The maximum atomic E-state index is 13.6. The molecule has 7 nitrogen and oxygen atoms in total. The number of fused-ring (bicyclic) bond motifs is 1. The second-order valence-corrected chi connectivity index (χ2v) is 10.8. The van der Waals surface area contributed by atoms with Gasteiger partial charge in [-0.2, -0.15) is 0 Å². The zero-order valence-electron chi connectivity index (χ0n) is 21.9. The molecule has 38 heavy (non-hydrogen) atoms. The summed E-state index contributed by atoms with van der Waals surface area (Å²) in [5.74, 6) is -0.202. The molecule has 0 radical (unpaired) electrons. The number of ether oxygens (including phenoxy) is 1. The second-order valence-electron chi connectivity index (χ2n) is 10.0. The Morgan fingerprint density at radius 1 is 1.16 bits per heavy atom. The highest BCUT2D eigenvalue weighted by Crippen LogP contribution is 2.32. The molecule has 0 spiro atoms. The Morgan fingerprint density at radius 3 is 2.58 bits per heavy atom. The van der Waals surface area contributed by atoms with E-state index >= 15 is 0 Å². The number of nitrogens with one attached hydrogen (secondary N) is 1. The molecule has 3 aromatic rings. The summed E-state index contributed by atoms with van der Waals surface area (Å²) in [5, 5.41) is 3.91. The number of pyridine rings is 1. The van der Waals surface area contributed by atoms with Gasteiger partial charge in [0.15, 0.2) is 0 Å². The van der Waals surface area contributed by atoms with Gasteiger partial charge >= 0.3 is 0 Å². The minimum Gasteiger partial charge on any atom is -0.487 e. The van der Waals surface area contributed by atoms with Crippen LogP contribution in [0.3, 0.4) is 0 Å². The number of likely N-dealkylation sites (N-methyl/N-ethyl adjacent to an activating group) is 1. The molecule has 1 aromatic heterocycles. The van der Waals surface area contributed by atoms with Gasteiger partial charge < -0.3 is 15.0 Å². The number of carbonyl (C=O) groups is 2. The van der Waals surface area contributed by atoms with E-state index in [2.05, 4.69) is 22.1 Å². The zero-order valence-corrected chi connectivity index (χ0v) is 23.5. The number of rotatable bonds is 7. The molecule has 0 fully saturated rings. The first-order chi connectivity index (χ1) is 18.1. The first-order valence-corrected chi connectivity index (χ1v) is 13.3. The number of aromatic nitrogens is 1. The Bertz CT molecular complexity index is 1300. The first-order valence-electron chi connectivity index (χ1n) is 12.6. The highest BCUT2D eigenvalue weighted by atomic mass is 35.5.